The maximum atomic E-state index is 9.15. The van der Waals surface area contributed by atoms with Gasteiger partial charge in [0.25, 0.3) is 0 Å². The van der Waals surface area contributed by atoms with E-state index in [1.54, 1.807) is 0 Å². The summed E-state index contributed by atoms with van der Waals surface area (Å²) in [7, 11) is 0. The number of hydrogen-bond donors (Lipinski definition) is 1. The molecule has 3 nitrogen and oxygen atoms in total. The lowest BCUT2D eigenvalue weighted by molar-refractivity contribution is 0.280. The van der Waals surface area contributed by atoms with Crippen molar-refractivity contribution in [1.29, 1.82) is 0 Å². The summed E-state index contributed by atoms with van der Waals surface area (Å²) < 4.78 is 0. The van der Waals surface area contributed by atoms with Crippen molar-refractivity contribution in [3.05, 3.63) is 23.3 Å². The van der Waals surface area contributed by atoms with Gasteiger partial charge in [-0.15, -0.1) is 0 Å². The Morgan fingerprint density at radius 1 is 1.45 bits per heavy atom. The molecule has 1 aliphatic rings. The molecule has 1 aliphatic heterocycles. The molecule has 0 amide bonds. The van der Waals surface area contributed by atoms with Crippen LogP contribution in [0.25, 0.3) is 0 Å². The summed E-state index contributed by atoms with van der Waals surface area (Å²) >= 11 is 0. The average Bonchev–Trinajstić information content (AvgIpc) is 2.37. The van der Waals surface area contributed by atoms with Gasteiger partial charge in [0.1, 0.15) is 0 Å². The molecule has 1 atom stereocenters. The fourth-order valence-electron chi connectivity index (χ4n) is 3.44. The fourth-order valence-corrected chi connectivity index (χ4v) is 3.44. The summed E-state index contributed by atoms with van der Waals surface area (Å²) in [5.74, 6) is 0.520. The zero-order chi connectivity index (χ0) is 14.9. The van der Waals surface area contributed by atoms with Crippen molar-refractivity contribution in [2.24, 2.45) is 4.99 Å². The molecule has 20 heavy (non-hydrogen) atoms. The summed E-state index contributed by atoms with van der Waals surface area (Å²) in [6.45, 7) is 13.7. The van der Waals surface area contributed by atoms with Crippen LogP contribution in [-0.2, 0) is 0 Å². The summed E-state index contributed by atoms with van der Waals surface area (Å²) in [4.78, 5) is 6.57. The van der Waals surface area contributed by atoms with Crippen LogP contribution in [-0.4, -0.2) is 30.5 Å². The molecule has 0 radical (unpaired) electrons. The van der Waals surface area contributed by atoms with Gasteiger partial charge in [-0.25, -0.2) is 0 Å². The van der Waals surface area contributed by atoms with Gasteiger partial charge in [-0.2, -0.15) is 0 Å². The van der Waals surface area contributed by atoms with E-state index in [2.05, 4.69) is 56.4 Å². The van der Waals surface area contributed by atoms with Crippen LogP contribution in [0.1, 0.15) is 50.7 Å². The Morgan fingerprint density at radius 2 is 2.15 bits per heavy atom. The third kappa shape index (κ3) is 2.59. The minimum absolute atomic E-state index is 0.122. The SMILES string of the molecule is C=Nc1cc2c(cc1C)N(CCCO)C(C)(C)CC2C. The van der Waals surface area contributed by atoms with Gasteiger partial charge in [0.2, 0.25) is 0 Å². The summed E-state index contributed by atoms with van der Waals surface area (Å²) in [5.41, 5.74) is 4.93. The van der Waals surface area contributed by atoms with Crippen LogP contribution in [0.3, 0.4) is 0 Å². The third-order valence-electron chi connectivity index (χ3n) is 4.41. The molecule has 0 saturated heterocycles. The Morgan fingerprint density at radius 3 is 2.75 bits per heavy atom. The van der Waals surface area contributed by atoms with E-state index in [-0.39, 0.29) is 12.1 Å². The van der Waals surface area contributed by atoms with Gasteiger partial charge in [-0.3, -0.25) is 4.99 Å². The number of aliphatic hydroxyl groups excluding tert-OH is 1. The van der Waals surface area contributed by atoms with Crippen LogP contribution < -0.4 is 4.90 Å². The van der Waals surface area contributed by atoms with E-state index < -0.39 is 0 Å². The predicted molar refractivity (Wildman–Crippen MR) is 86.5 cm³/mol. The molecule has 110 valence electrons. The number of nitrogens with zero attached hydrogens (tertiary/aromatic N) is 2. The molecule has 0 bridgehead atoms. The largest absolute Gasteiger partial charge is 0.396 e. The lowest BCUT2D eigenvalue weighted by Gasteiger charge is -2.48. The first-order valence-corrected chi connectivity index (χ1v) is 7.40. The molecule has 3 heteroatoms. The molecule has 2 rings (SSSR count). The van der Waals surface area contributed by atoms with Crippen LogP contribution in [0.15, 0.2) is 17.1 Å². The monoisotopic (exact) mass is 274 g/mol. The van der Waals surface area contributed by atoms with E-state index in [0.29, 0.717) is 5.92 Å². The van der Waals surface area contributed by atoms with E-state index in [1.807, 2.05) is 0 Å². The van der Waals surface area contributed by atoms with Gasteiger partial charge in [-0.05, 0) is 69.5 Å². The summed E-state index contributed by atoms with van der Waals surface area (Å²) in [5, 5.41) is 9.15. The Hall–Kier alpha value is -1.35. The van der Waals surface area contributed by atoms with Crippen molar-refractivity contribution >= 4 is 18.1 Å². The minimum Gasteiger partial charge on any atom is -0.396 e. The highest BCUT2D eigenvalue weighted by atomic mass is 16.3. The number of benzene rings is 1. The van der Waals surface area contributed by atoms with Crippen LogP contribution in [0.4, 0.5) is 11.4 Å². The second-order valence-electron chi connectivity index (χ2n) is 6.50. The maximum Gasteiger partial charge on any atom is 0.0655 e. The molecular weight excluding hydrogens is 248 g/mol. The first kappa shape index (κ1) is 15.0. The number of hydrogen-bond acceptors (Lipinski definition) is 3. The average molecular weight is 274 g/mol. The van der Waals surface area contributed by atoms with Gasteiger partial charge in [0, 0.05) is 24.4 Å². The Labute approximate surface area is 122 Å². The lowest BCUT2D eigenvalue weighted by Crippen LogP contribution is -2.49. The molecule has 1 N–H and O–H groups in total. The number of rotatable bonds is 4. The predicted octanol–water partition coefficient (Wildman–Crippen LogP) is 3.80. The smallest absolute Gasteiger partial charge is 0.0655 e. The topological polar surface area (TPSA) is 35.8 Å². The highest BCUT2D eigenvalue weighted by Gasteiger charge is 2.36. The third-order valence-corrected chi connectivity index (χ3v) is 4.41. The van der Waals surface area contributed by atoms with E-state index >= 15 is 0 Å². The second-order valence-corrected chi connectivity index (χ2v) is 6.50. The summed E-state index contributed by atoms with van der Waals surface area (Å²) in [6.07, 6.45) is 1.92. The number of aliphatic hydroxyl groups is 1. The molecule has 1 heterocycles. The van der Waals surface area contributed by atoms with Crippen molar-refractivity contribution in [3.63, 3.8) is 0 Å². The van der Waals surface area contributed by atoms with E-state index in [9.17, 15) is 0 Å². The number of anilines is 1. The van der Waals surface area contributed by atoms with Gasteiger partial charge >= 0.3 is 0 Å². The minimum atomic E-state index is 0.122. The van der Waals surface area contributed by atoms with Gasteiger partial charge < -0.3 is 10.0 Å². The molecule has 1 unspecified atom stereocenters. The number of fused-ring (bicyclic) bond motifs is 1. The van der Waals surface area contributed by atoms with Gasteiger partial charge in [0.05, 0.1) is 5.69 Å². The molecule has 0 saturated carbocycles. The van der Waals surface area contributed by atoms with Gasteiger partial charge in [-0.1, -0.05) is 6.92 Å². The van der Waals surface area contributed by atoms with Crippen molar-refractivity contribution in [3.8, 4) is 0 Å². The Balaban J connectivity index is 2.51. The molecule has 0 fully saturated rings. The molecule has 1 aromatic rings. The fraction of sp³-hybridized carbons (Fsp3) is 0.588. The summed E-state index contributed by atoms with van der Waals surface area (Å²) in [6, 6.07) is 4.41. The van der Waals surface area contributed by atoms with Crippen LogP contribution in [0.5, 0.6) is 0 Å². The molecular formula is C17H26N2O. The van der Waals surface area contributed by atoms with Crippen LogP contribution in [0.2, 0.25) is 0 Å². The van der Waals surface area contributed by atoms with E-state index in [1.165, 1.54) is 11.3 Å². The molecule has 0 aliphatic carbocycles. The number of aryl methyl sites for hydroxylation is 1. The first-order chi connectivity index (χ1) is 9.40. The second kappa shape index (κ2) is 5.57. The maximum absolute atomic E-state index is 9.15. The van der Waals surface area contributed by atoms with Crippen molar-refractivity contribution in [2.45, 2.75) is 52.0 Å². The highest BCUT2D eigenvalue weighted by molar-refractivity contribution is 5.67. The highest BCUT2D eigenvalue weighted by Crippen LogP contribution is 2.45. The zero-order valence-corrected chi connectivity index (χ0v) is 13.1. The molecule has 0 spiro atoms. The van der Waals surface area contributed by atoms with Crippen LogP contribution in [0, 0.1) is 6.92 Å². The van der Waals surface area contributed by atoms with Crippen LogP contribution >= 0.6 is 0 Å². The van der Waals surface area contributed by atoms with Gasteiger partial charge in [0.15, 0.2) is 0 Å². The Bertz CT molecular complexity index is 508. The quantitative estimate of drug-likeness (QED) is 0.848. The molecule has 1 aromatic carbocycles. The zero-order valence-electron chi connectivity index (χ0n) is 13.1. The Kier molecular flexibility index (Phi) is 4.19. The number of aliphatic imine (C=N–C) groups is 1. The van der Waals surface area contributed by atoms with Crippen molar-refractivity contribution in [1.82, 2.24) is 0 Å². The normalized spacial score (nSPS) is 20.6. The standard InChI is InChI=1S/C17H26N2O/c1-12-9-16-14(10-15(12)18-5)13(2)11-17(3,4)19(16)7-6-8-20/h9-10,13,20H,5-8,11H2,1-4H3. The van der Waals surface area contributed by atoms with E-state index in [0.717, 1.165) is 30.6 Å². The van der Waals surface area contributed by atoms with E-state index in [4.69, 9.17) is 5.11 Å². The van der Waals surface area contributed by atoms with Crippen molar-refractivity contribution in [2.75, 3.05) is 18.1 Å². The lowest BCUT2D eigenvalue weighted by atomic mass is 9.79. The first-order valence-electron chi connectivity index (χ1n) is 7.40. The van der Waals surface area contributed by atoms with Crippen molar-refractivity contribution < 1.29 is 5.11 Å². The molecule has 0 aromatic heterocycles.